The number of aliphatic hydroxyl groups is 2. The van der Waals surface area contributed by atoms with Crippen LogP contribution in [0.5, 0.6) is 0 Å². The Morgan fingerprint density at radius 1 is 0.927 bits per heavy atom. The first-order valence-electron chi connectivity index (χ1n) is 16.9. The third-order valence-corrected chi connectivity index (χ3v) is 12.5. The van der Waals surface area contributed by atoms with Crippen LogP contribution in [0.2, 0.25) is 0 Å². The van der Waals surface area contributed by atoms with Gasteiger partial charge in [0, 0.05) is 0 Å². The normalized spacial score (nSPS) is 36.2. The van der Waals surface area contributed by atoms with Crippen LogP contribution in [0, 0.1) is 46.3 Å². The Labute approximate surface area is 250 Å². The summed E-state index contributed by atoms with van der Waals surface area (Å²) in [4.78, 5) is 0. The van der Waals surface area contributed by atoms with E-state index in [1.165, 1.54) is 42.4 Å². The van der Waals surface area contributed by atoms with E-state index in [1.54, 1.807) is 0 Å². The van der Waals surface area contributed by atoms with Crippen molar-refractivity contribution in [2.75, 3.05) is 0 Å². The van der Waals surface area contributed by atoms with E-state index in [9.17, 15) is 10.2 Å². The fraction of sp³-hybridized carbons (Fsp3) is 0.641. The lowest BCUT2D eigenvalue weighted by atomic mass is 9.45. The molecule has 2 N–H and O–H groups in total. The van der Waals surface area contributed by atoms with Gasteiger partial charge in [0.25, 0.3) is 0 Å². The summed E-state index contributed by atoms with van der Waals surface area (Å²) in [6, 6.07) is 21.7. The van der Waals surface area contributed by atoms with Crippen LogP contribution in [0.4, 0.5) is 0 Å². The molecule has 3 unspecified atom stereocenters. The molecule has 0 aromatic heterocycles. The first-order valence-corrected chi connectivity index (χ1v) is 16.9. The zero-order valence-corrected chi connectivity index (χ0v) is 26.4. The van der Waals surface area contributed by atoms with E-state index in [1.807, 2.05) is 0 Å². The summed E-state index contributed by atoms with van der Waals surface area (Å²) >= 11 is 0. The minimum Gasteiger partial charge on any atom is -0.393 e. The Hall–Kier alpha value is -1.90. The van der Waals surface area contributed by atoms with Crippen LogP contribution in [0.3, 0.4) is 0 Å². The number of allylic oxidation sites excluding steroid dienone is 1. The standard InChI is InChI=1S/C39H56O2/c1-6-28-26-38(4,24-22-31(40)7-2)34-23-25-39(5)33(20-21-35(39)36(34)37(28)41)27(3)18-19-32(29-14-10-8-11-15-29)30-16-12-9-13-17-30/h8-17,19,27-28,31,33-37,40-41H,6-7,18,20-26H2,1-5H3/t27-,28-,31+,33-,34?,35?,36?,37-,38+,39-/m1/s1. The number of fused-ring (bicyclic) bond motifs is 3. The molecule has 2 nitrogen and oxygen atoms in total. The molecular weight excluding hydrogens is 500 g/mol. The van der Waals surface area contributed by atoms with Crippen LogP contribution >= 0.6 is 0 Å². The fourth-order valence-electron chi connectivity index (χ4n) is 10.1. The van der Waals surface area contributed by atoms with Crippen LogP contribution in [-0.4, -0.2) is 22.4 Å². The molecule has 0 amide bonds. The van der Waals surface area contributed by atoms with Crippen molar-refractivity contribution in [1.29, 1.82) is 0 Å². The fourth-order valence-corrected chi connectivity index (χ4v) is 10.1. The summed E-state index contributed by atoms with van der Waals surface area (Å²) in [5, 5.41) is 22.3. The Kier molecular flexibility index (Phi) is 9.51. The van der Waals surface area contributed by atoms with Crippen molar-refractivity contribution < 1.29 is 10.2 Å². The molecule has 0 saturated heterocycles. The third-order valence-electron chi connectivity index (χ3n) is 12.5. The predicted octanol–water partition coefficient (Wildman–Crippen LogP) is 9.55. The van der Waals surface area contributed by atoms with Crippen molar-refractivity contribution in [2.45, 2.75) is 111 Å². The molecular formula is C39H56O2. The number of benzene rings is 2. The molecule has 0 bridgehead atoms. The number of rotatable bonds is 10. The maximum absolute atomic E-state index is 11.9. The van der Waals surface area contributed by atoms with Crippen LogP contribution in [0.1, 0.15) is 110 Å². The predicted molar refractivity (Wildman–Crippen MR) is 172 cm³/mol. The summed E-state index contributed by atoms with van der Waals surface area (Å²) in [5.74, 6) is 3.30. The molecule has 2 aromatic rings. The van der Waals surface area contributed by atoms with E-state index in [2.05, 4.69) is 101 Å². The van der Waals surface area contributed by atoms with Crippen LogP contribution in [-0.2, 0) is 0 Å². The monoisotopic (exact) mass is 556 g/mol. The highest BCUT2D eigenvalue weighted by atomic mass is 16.3. The summed E-state index contributed by atoms with van der Waals surface area (Å²) in [7, 11) is 0. The molecule has 10 atom stereocenters. The van der Waals surface area contributed by atoms with Gasteiger partial charge < -0.3 is 10.2 Å². The van der Waals surface area contributed by atoms with Crippen LogP contribution in [0.15, 0.2) is 66.7 Å². The second kappa shape index (κ2) is 12.8. The molecule has 41 heavy (non-hydrogen) atoms. The van der Waals surface area contributed by atoms with Gasteiger partial charge in [-0.05, 0) is 121 Å². The van der Waals surface area contributed by atoms with E-state index in [-0.39, 0.29) is 17.6 Å². The maximum Gasteiger partial charge on any atom is 0.0602 e. The van der Waals surface area contributed by atoms with E-state index in [4.69, 9.17) is 0 Å². The van der Waals surface area contributed by atoms with Gasteiger partial charge >= 0.3 is 0 Å². The summed E-state index contributed by atoms with van der Waals surface area (Å²) in [6.45, 7) is 12.0. The Morgan fingerprint density at radius 3 is 2.15 bits per heavy atom. The van der Waals surface area contributed by atoms with Crippen molar-refractivity contribution in [3.63, 3.8) is 0 Å². The highest BCUT2D eigenvalue weighted by Gasteiger charge is 2.61. The molecule has 2 aromatic carbocycles. The van der Waals surface area contributed by atoms with Gasteiger partial charge in [-0.3, -0.25) is 0 Å². The lowest BCUT2D eigenvalue weighted by molar-refractivity contribution is -0.158. The molecule has 2 heteroatoms. The van der Waals surface area contributed by atoms with Crippen molar-refractivity contribution in [1.82, 2.24) is 0 Å². The lowest BCUT2D eigenvalue weighted by Crippen LogP contribution is -2.57. The third kappa shape index (κ3) is 5.98. The quantitative estimate of drug-likeness (QED) is 0.306. The molecule has 0 spiro atoms. The Balaban J connectivity index is 1.38. The van der Waals surface area contributed by atoms with Crippen molar-refractivity contribution >= 4 is 5.57 Å². The molecule has 3 aliphatic rings. The van der Waals surface area contributed by atoms with Crippen LogP contribution in [0.25, 0.3) is 5.57 Å². The smallest absolute Gasteiger partial charge is 0.0602 e. The summed E-state index contributed by atoms with van der Waals surface area (Å²) in [6.07, 6.45) is 13.4. The molecule has 224 valence electrons. The number of hydrogen-bond acceptors (Lipinski definition) is 2. The molecule has 3 aliphatic carbocycles. The van der Waals surface area contributed by atoms with E-state index in [0.717, 1.165) is 38.5 Å². The minimum absolute atomic E-state index is 0.171. The van der Waals surface area contributed by atoms with Gasteiger partial charge in [0.15, 0.2) is 0 Å². The lowest BCUT2D eigenvalue weighted by Gasteiger charge is -2.60. The molecule has 0 radical (unpaired) electrons. The minimum atomic E-state index is -0.188. The Bertz CT molecular complexity index is 1100. The molecule has 5 rings (SSSR count). The number of hydrogen-bond donors (Lipinski definition) is 2. The van der Waals surface area contributed by atoms with E-state index in [0.29, 0.717) is 40.9 Å². The van der Waals surface area contributed by atoms with Crippen molar-refractivity contribution in [3.8, 4) is 0 Å². The molecule has 0 heterocycles. The van der Waals surface area contributed by atoms with Crippen LogP contribution < -0.4 is 0 Å². The summed E-state index contributed by atoms with van der Waals surface area (Å²) < 4.78 is 0. The van der Waals surface area contributed by atoms with Crippen molar-refractivity contribution in [2.24, 2.45) is 46.3 Å². The second-order valence-corrected chi connectivity index (χ2v) is 14.7. The zero-order valence-electron chi connectivity index (χ0n) is 26.4. The van der Waals surface area contributed by atoms with Crippen molar-refractivity contribution in [3.05, 3.63) is 77.9 Å². The summed E-state index contributed by atoms with van der Waals surface area (Å²) in [5.41, 5.74) is 4.47. The average molecular weight is 557 g/mol. The highest BCUT2D eigenvalue weighted by molar-refractivity contribution is 5.79. The largest absolute Gasteiger partial charge is 0.393 e. The molecule has 0 aliphatic heterocycles. The van der Waals surface area contributed by atoms with Gasteiger partial charge in [0.05, 0.1) is 12.2 Å². The van der Waals surface area contributed by atoms with Gasteiger partial charge in [-0.15, -0.1) is 0 Å². The first-order chi connectivity index (χ1) is 19.7. The van der Waals surface area contributed by atoms with Gasteiger partial charge in [-0.2, -0.15) is 0 Å². The number of aliphatic hydroxyl groups excluding tert-OH is 2. The van der Waals surface area contributed by atoms with Gasteiger partial charge in [0.1, 0.15) is 0 Å². The second-order valence-electron chi connectivity index (χ2n) is 14.7. The molecule has 3 fully saturated rings. The van der Waals surface area contributed by atoms with E-state index >= 15 is 0 Å². The zero-order chi connectivity index (χ0) is 29.2. The molecule has 3 saturated carbocycles. The highest BCUT2D eigenvalue weighted by Crippen LogP contribution is 2.67. The topological polar surface area (TPSA) is 40.5 Å². The average Bonchev–Trinajstić information content (AvgIpc) is 3.35. The first kappa shape index (κ1) is 30.6. The van der Waals surface area contributed by atoms with Gasteiger partial charge in [-0.1, -0.05) is 108 Å². The van der Waals surface area contributed by atoms with E-state index < -0.39 is 0 Å². The maximum atomic E-state index is 11.9. The Morgan fingerprint density at radius 2 is 1.56 bits per heavy atom. The van der Waals surface area contributed by atoms with Gasteiger partial charge in [0.2, 0.25) is 0 Å². The SMILES string of the molecule is CC[C@H](O)CC[C@@]1(C)C[C@@H](CC)[C@@H](O)C2C1CC[C@@]1(C)C2CC[C@@H]1[C@H](C)CC=C(c1ccccc1)c1ccccc1. The van der Waals surface area contributed by atoms with Gasteiger partial charge in [-0.25, -0.2) is 0 Å².